The average molecular weight is 213 g/mol. The van der Waals surface area contributed by atoms with E-state index in [1.165, 1.54) is 6.42 Å². The summed E-state index contributed by atoms with van der Waals surface area (Å²) in [6.07, 6.45) is 1.22. The highest BCUT2D eigenvalue weighted by Gasteiger charge is 2.33. The van der Waals surface area contributed by atoms with Gasteiger partial charge in [0.1, 0.15) is 0 Å². The van der Waals surface area contributed by atoms with Crippen molar-refractivity contribution in [2.75, 3.05) is 19.6 Å². The summed E-state index contributed by atoms with van der Waals surface area (Å²) in [6.45, 7) is 10.9. The number of carboxylic acid groups (broad SMARTS) is 1. The molecule has 0 spiro atoms. The largest absolute Gasteiger partial charge is 0.481 e. The molecule has 0 saturated carbocycles. The van der Waals surface area contributed by atoms with Crippen molar-refractivity contribution in [3.63, 3.8) is 0 Å². The Balaban J connectivity index is 2.46. The van der Waals surface area contributed by atoms with E-state index in [2.05, 4.69) is 18.7 Å². The molecule has 0 aliphatic carbocycles. The molecule has 1 saturated heterocycles. The van der Waals surface area contributed by atoms with Crippen LogP contribution in [0.3, 0.4) is 0 Å². The zero-order valence-electron chi connectivity index (χ0n) is 10.3. The van der Waals surface area contributed by atoms with E-state index in [4.69, 9.17) is 5.11 Å². The Morgan fingerprint density at radius 2 is 2.13 bits per heavy atom. The van der Waals surface area contributed by atoms with Crippen molar-refractivity contribution in [3.05, 3.63) is 0 Å². The van der Waals surface area contributed by atoms with E-state index in [1.54, 1.807) is 13.8 Å². The van der Waals surface area contributed by atoms with Crippen molar-refractivity contribution in [2.24, 2.45) is 17.3 Å². The quantitative estimate of drug-likeness (QED) is 0.777. The first-order chi connectivity index (χ1) is 6.83. The van der Waals surface area contributed by atoms with Crippen LogP contribution >= 0.6 is 0 Å². The molecule has 0 radical (unpaired) electrons. The molecule has 1 aliphatic heterocycles. The lowest BCUT2D eigenvalue weighted by molar-refractivity contribution is -0.147. The highest BCUT2D eigenvalue weighted by molar-refractivity contribution is 5.73. The summed E-state index contributed by atoms with van der Waals surface area (Å²) >= 11 is 0. The maximum Gasteiger partial charge on any atom is 0.310 e. The van der Waals surface area contributed by atoms with Crippen LogP contribution in [0.2, 0.25) is 0 Å². The van der Waals surface area contributed by atoms with Crippen molar-refractivity contribution in [3.8, 4) is 0 Å². The van der Waals surface area contributed by atoms with E-state index in [0.717, 1.165) is 19.0 Å². The van der Waals surface area contributed by atoms with Gasteiger partial charge >= 0.3 is 5.97 Å². The third kappa shape index (κ3) is 3.20. The fraction of sp³-hybridized carbons (Fsp3) is 0.917. The molecule has 88 valence electrons. The molecular weight excluding hydrogens is 190 g/mol. The minimum atomic E-state index is -0.699. The number of nitrogens with zero attached hydrogens (tertiary/aromatic N) is 1. The van der Waals surface area contributed by atoms with Crippen molar-refractivity contribution in [2.45, 2.75) is 34.1 Å². The molecule has 1 fully saturated rings. The van der Waals surface area contributed by atoms with E-state index >= 15 is 0 Å². The molecule has 1 aliphatic rings. The molecule has 0 aromatic heterocycles. The van der Waals surface area contributed by atoms with Crippen LogP contribution < -0.4 is 0 Å². The van der Waals surface area contributed by atoms with Gasteiger partial charge in [-0.1, -0.05) is 13.8 Å². The number of likely N-dealkylation sites (tertiary alicyclic amines) is 1. The molecular formula is C12H23NO2. The number of hydrogen-bond donors (Lipinski definition) is 1. The molecule has 1 rings (SSSR count). The monoisotopic (exact) mass is 213 g/mol. The summed E-state index contributed by atoms with van der Waals surface area (Å²) in [4.78, 5) is 13.3. The molecule has 1 N–H and O–H groups in total. The second-order valence-corrected chi connectivity index (χ2v) is 5.72. The number of rotatable bonds is 4. The first kappa shape index (κ1) is 12.5. The van der Waals surface area contributed by atoms with Crippen LogP contribution in [0.15, 0.2) is 0 Å². The molecule has 0 amide bonds. The lowest BCUT2D eigenvalue weighted by Crippen LogP contribution is -2.38. The molecule has 3 nitrogen and oxygen atoms in total. The molecule has 0 aromatic rings. The molecule has 15 heavy (non-hydrogen) atoms. The van der Waals surface area contributed by atoms with Gasteiger partial charge in [-0.3, -0.25) is 4.79 Å². The summed E-state index contributed by atoms with van der Waals surface area (Å²) in [5.41, 5.74) is -0.619. The van der Waals surface area contributed by atoms with E-state index < -0.39 is 11.4 Å². The van der Waals surface area contributed by atoms with Gasteiger partial charge in [0, 0.05) is 13.1 Å². The third-order valence-corrected chi connectivity index (χ3v) is 3.45. The van der Waals surface area contributed by atoms with Crippen LogP contribution in [0.5, 0.6) is 0 Å². The molecule has 3 heteroatoms. The van der Waals surface area contributed by atoms with E-state index in [9.17, 15) is 4.79 Å². The zero-order valence-corrected chi connectivity index (χ0v) is 10.3. The Morgan fingerprint density at radius 1 is 1.53 bits per heavy atom. The second-order valence-electron chi connectivity index (χ2n) is 5.72. The van der Waals surface area contributed by atoms with Gasteiger partial charge in [0.05, 0.1) is 5.41 Å². The summed E-state index contributed by atoms with van der Waals surface area (Å²) < 4.78 is 0. The van der Waals surface area contributed by atoms with E-state index in [-0.39, 0.29) is 0 Å². The maximum absolute atomic E-state index is 11.0. The highest BCUT2D eigenvalue weighted by Crippen LogP contribution is 2.27. The van der Waals surface area contributed by atoms with E-state index in [1.807, 2.05) is 0 Å². The Hall–Kier alpha value is -0.570. The van der Waals surface area contributed by atoms with Crippen LogP contribution in [-0.2, 0) is 4.79 Å². The second kappa shape index (κ2) is 4.52. The van der Waals surface area contributed by atoms with Crippen molar-refractivity contribution >= 4 is 5.97 Å². The molecule has 1 atom stereocenters. The molecule has 1 unspecified atom stereocenters. The summed E-state index contributed by atoms with van der Waals surface area (Å²) in [5.74, 6) is 0.757. The van der Waals surface area contributed by atoms with Crippen molar-refractivity contribution < 1.29 is 9.90 Å². The normalized spacial score (nSPS) is 23.7. The topological polar surface area (TPSA) is 40.5 Å². The smallest absolute Gasteiger partial charge is 0.310 e. The van der Waals surface area contributed by atoms with Gasteiger partial charge in [-0.15, -0.1) is 0 Å². The van der Waals surface area contributed by atoms with E-state index in [0.29, 0.717) is 12.5 Å². The van der Waals surface area contributed by atoms with Gasteiger partial charge in [-0.2, -0.15) is 0 Å². The maximum atomic E-state index is 11.0. The van der Waals surface area contributed by atoms with Gasteiger partial charge in [-0.25, -0.2) is 0 Å². The summed E-state index contributed by atoms with van der Waals surface area (Å²) in [6, 6.07) is 0. The predicted molar refractivity (Wildman–Crippen MR) is 60.8 cm³/mol. The molecule has 1 heterocycles. The standard InChI is InChI=1S/C12H23NO2/c1-9(2)10-5-6-13(7-10)8-12(3,4)11(14)15/h9-10H,5-8H2,1-4H3,(H,14,15). The SMILES string of the molecule is CC(C)C1CCN(CC(C)(C)C(=O)O)C1. The predicted octanol–water partition coefficient (Wildman–Crippen LogP) is 2.08. The Labute approximate surface area is 92.5 Å². The average Bonchev–Trinajstić information content (AvgIpc) is 2.51. The molecule has 0 aromatic carbocycles. The minimum absolute atomic E-state index is 0.619. The van der Waals surface area contributed by atoms with Crippen LogP contribution in [-0.4, -0.2) is 35.6 Å². The number of aliphatic carboxylic acids is 1. The van der Waals surface area contributed by atoms with Gasteiger partial charge < -0.3 is 10.0 Å². The minimum Gasteiger partial charge on any atom is -0.481 e. The van der Waals surface area contributed by atoms with Crippen LogP contribution in [0.4, 0.5) is 0 Å². The first-order valence-corrected chi connectivity index (χ1v) is 5.78. The fourth-order valence-electron chi connectivity index (χ4n) is 2.18. The Bertz CT molecular complexity index is 236. The van der Waals surface area contributed by atoms with Crippen molar-refractivity contribution in [1.82, 2.24) is 4.90 Å². The third-order valence-electron chi connectivity index (χ3n) is 3.45. The van der Waals surface area contributed by atoms with Gasteiger partial charge in [0.2, 0.25) is 0 Å². The van der Waals surface area contributed by atoms with Gasteiger partial charge in [0.15, 0.2) is 0 Å². The van der Waals surface area contributed by atoms with Crippen molar-refractivity contribution in [1.29, 1.82) is 0 Å². The first-order valence-electron chi connectivity index (χ1n) is 5.78. The fourth-order valence-corrected chi connectivity index (χ4v) is 2.18. The summed E-state index contributed by atoms with van der Waals surface area (Å²) in [7, 11) is 0. The summed E-state index contributed by atoms with van der Waals surface area (Å²) in [5, 5.41) is 9.05. The molecule has 0 bridgehead atoms. The number of carbonyl (C=O) groups is 1. The van der Waals surface area contributed by atoms with Crippen LogP contribution in [0.25, 0.3) is 0 Å². The highest BCUT2D eigenvalue weighted by atomic mass is 16.4. The number of hydrogen-bond acceptors (Lipinski definition) is 2. The van der Waals surface area contributed by atoms with Gasteiger partial charge in [0.25, 0.3) is 0 Å². The van der Waals surface area contributed by atoms with Gasteiger partial charge in [-0.05, 0) is 38.6 Å². The Morgan fingerprint density at radius 3 is 2.53 bits per heavy atom. The Kier molecular flexibility index (Phi) is 3.77. The lowest BCUT2D eigenvalue weighted by atomic mass is 9.93. The van der Waals surface area contributed by atoms with Crippen LogP contribution in [0, 0.1) is 17.3 Å². The number of carboxylic acids is 1. The lowest BCUT2D eigenvalue weighted by Gasteiger charge is -2.26. The van der Waals surface area contributed by atoms with Crippen LogP contribution in [0.1, 0.15) is 34.1 Å². The zero-order chi connectivity index (χ0) is 11.6.